The molecular weight excluding hydrogens is 394 g/mol. The van der Waals surface area contributed by atoms with Crippen LogP contribution in [0.3, 0.4) is 0 Å². The summed E-state index contributed by atoms with van der Waals surface area (Å²) in [7, 11) is 0. The standard InChI is InChI=1S/C24H25N3O4/c1-3-30-22-12-8-7-11-21(22)26-24(29)18(2)31-23(28)14-13-20-15-25-27(17-20)16-19-9-5-4-6-10-19/h4-15,17-18H,3,16H2,1-2H3,(H,26,29)/b14-13+/t18-/m1/s1. The van der Waals surface area contributed by atoms with E-state index < -0.39 is 18.0 Å². The number of anilines is 1. The van der Waals surface area contributed by atoms with Gasteiger partial charge in [-0.3, -0.25) is 9.48 Å². The Labute approximate surface area is 181 Å². The van der Waals surface area contributed by atoms with Gasteiger partial charge in [0, 0.05) is 17.8 Å². The lowest BCUT2D eigenvalue weighted by Crippen LogP contribution is -2.29. The van der Waals surface area contributed by atoms with Gasteiger partial charge in [0.25, 0.3) is 5.91 Å². The molecule has 0 bridgehead atoms. The lowest BCUT2D eigenvalue weighted by atomic mass is 10.2. The average Bonchev–Trinajstić information content (AvgIpc) is 3.22. The van der Waals surface area contributed by atoms with Gasteiger partial charge in [-0.05, 0) is 37.6 Å². The molecule has 7 heteroatoms. The van der Waals surface area contributed by atoms with E-state index in [9.17, 15) is 9.59 Å². The molecule has 31 heavy (non-hydrogen) atoms. The topological polar surface area (TPSA) is 82.4 Å². The molecule has 0 aliphatic carbocycles. The molecule has 0 radical (unpaired) electrons. The molecule has 0 spiro atoms. The van der Waals surface area contributed by atoms with Crippen molar-refractivity contribution in [3.05, 3.63) is 84.2 Å². The van der Waals surface area contributed by atoms with Crippen LogP contribution in [0.4, 0.5) is 5.69 Å². The first-order chi connectivity index (χ1) is 15.0. The predicted molar refractivity (Wildman–Crippen MR) is 119 cm³/mol. The minimum absolute atomic E-state index is 0.440. The SMILES string of the molecule is CCOc1ccccc1NC(=O)[C@@H](C)OC(=O)/C=C/c1cnn(Cc2ccccc2)c1. The smallest absolute Gasteiger partial charge is 0.331 e. The normalized spacial score (nSPS) is 11.8. The molecule has 0 aliphatic rings. The lowest BCUT2D eigenvalue weighted by Gasteiger charge is -2.14. The minimum Gasteiger partial charge on any atom is -0.492 e. The molecule has 0 fully saturated rings. The highest BCUT2D eigenvalue weighted by Gasteiger charge is 2.18. The molecule has 3 aromatic rings. The Balaban J connectivity index is 1.52. The summed E-state index contributed by atoms with van der Waals surface area (Å²) in [4.78, 5) is 24.5. The van der Waals surface area contributed by atoms with Crippen LogP contribution in [0, 0.1) is 0 Å². The maximum Gasteiger partial charge on any atom is 0.331 e. The van der Waals surface area contributed by atoms with E-state index in [0.29, 0.717) is 24.6 Å². The molecule has 1 N–H and O–H groups in total. The van der Waals surface area contributed by atoms with Crippen LogP contribution in [0.15, 0.2) is 73.1 Å². The Morgan fingerprint density at radius 2 is 1.87 bits per heavy atom. The van der Waals surface area contributed by atoms with Crippen LogP contribution >= 0.6 is 0 Å². The van der Waals surface area contributed by atoms with Crippen molar-refractivity contribution in [3.8, 4) is 5.75 Å². The summed E-state index contributed by atoms with van der Waals surface area (Å²) in [6, 6.07) is 17.0. The van der Waals surface area contributed by atoms with E-state index in [1.165, 1.54) is 13.0 Å². The first-order valence-electron chi connectivity index (χ1n) is 10.0. The average molecular weight is 419 g/mol. The van der Waals surface area contributed by atoms with Gasteiger partial charge in [-0.1, -0.05) is 42.5 Å². The van der Waals surface area contributed by atoms with Crippen LogP contribution in [-0.4, -0.2) is 34.4 Å². The van der Waals surface area contributed by atoms with Crippen molar-refractivity contribution in [1.82, 2.24) is 9.78 Å². The van der Waals surface area contributed by atoms with Crippen LogP contribution in [0.1, 0.15) is 25.0 Å². The first-order valence-corrected chi connectivity index (χ1v) is 10.0. The first kappa shape index (κ1) is 21.8. The van der Waals surface area contributed by atoms with Crippen LogP contribution < -0.4 is 10.1 Å². The Hall–Kier alpha value is -3.87. The third-order valence-corrected chi connectivity index (χ3v) is 4.36. The summed E-state index contributed by atoms with van der Waals surface area (Å²) in [5.41, 5.74) is 2.42. The monoisotopic (exact) mass is 419 g/mol. The Kier molecular flexibility index (Phi) is 7.59. The van der Waals surface area contributed by atoms with Crippen molar-refractivity contribution in [1.29, 1.82) is 0 Å². The van der Waals surface area contributed by atoms with Crippen LogP contribution in [0.25, 0.3) is 6.08 Å². The zero-order valence-corrected chi connectivity index (χ0v) is 17.5. The molecule has 160 valence electrons. The van der Waals surface area contributed by atoms with Crippen molar-refractivity contribution in [2.75, 3.05) is 11.9 Å². The number of para-hydroxylation sites is 2. The number of amides is 1. The number of benzene rings is 2. The molecule has 0 aliphatic heterocycles. The molecular formula is C24H25N3O4. The number of esters is 1. The number of carbonyl (C=O) groups is 2. The highest BCUT2D eigenvalue weighted by molar-refractivity contribution is 5.97. The second-order valence-electron chi connectivity index (χ2n) is 6.79. The molecule has 0 saturated carbocycles. The highest BCUT2D eigenvalue weighted by Crippen LogP contribution is 2.23. The van der Waals surface area contributed by atoms with E-state index in [1.54, 1.807) is 35.2 Å². The fraction of sp³-hybridized carbons (Fsp3) is 0.208. The summed E-state index contributed by atoms with van der Waals surface area (Å²) in [6.45, 7) is 4.49. The largest absolute Gasteiger partial charge is 0.492 e. The number of aromatic nitrogens is 2. The van der Waals surface area contributed by atoms with Gasteiger partial charge in [0.2, 0.25) is 0 Å². The number of ether oxygens (including phenoxy) is 2. The van der Waals surface area contributed by atoms with E-state index in [-0.39, 0.29) is 0 Å². The third-order valence-electron chi connectivity index (χ3n) is 4.36. The zero-order chi connectivity index (χ0) is 22.1. The van der Waals surface area contributed by atoms with Crippen molar-refractivity contribution in [3.63, 3.8) is 0 Å². The Morgan fingerprint density at radius 1 is 1.13 bits per heavy atom. The van der Waals surface area contributed by atoms with Crippen molar-refractivity contribution >= 4 is 23.6 Å². The van der Waals surface area contributed by atoms with E-state index in [1.807, 2.05) is 49.5 Å². The molecule has 2 aromatic carbocycles. The molecule has 0 saturated heterocycles. The van der Waals surface area contributed by atoms with Crippen molar-refractivity contribution in [2.24, 2.45) is 0 Å². The quantitative estimate of drug-likeness (QED) is 0.420. The summed E-state index contributed by atoms with van der Waals surface area (Å²) < 4.78 is 12.5. The molecule has 7 nitrogen and oxygen atoms in total. The summed E-state index contributed by atoms with van der Waals surface area (Å²) in [5.74, 6) is -0.495. The van der Waals surface area contributed by atoms with Crippen molar-refractivity contribution in [2.45, 2.75) is 26.5 Å². The zero-order valence-electron chi connectivity index (χ0n) is 17.5. The van der Waals surface area contributed by atoms with Gasteiger partial charge >= 0.3 is 5.97 Å². The molecule has 1 atom stereocenters. The number of carbonyl (C=O) groups excluding carboxylic acids is 2. The van der Waals surface area contributed by atoms with Crippen molar-refractivity contribution < 1.29 is 19.1 Å². The summed E-state index contributed by atoms with van der Waals surface area (Å²) >= 11 is 0. The predicted octanol–water partition coefficient (Wildman–Crippen LogP) is 3.91. The lowest BCUT2D eigenvalue weighted by molar-refractivity contribution is -0.148. The maximum atomic E-state index is 12.4. The molecule has 1 amide bonds. The number of nitrogens with one attached hydrogen (secondary N) is 1. The van der Waals surface area contributed by atoms with E-state index in [4.69, 9.17) is 9.47 Å². The Morgan fingerprint density at radius 3 is 2.65 bits per heavy atom. The van der Waals surface area contributed by atoms with Gasteiger partial charge in [-0.15, -0.1) is 0 Å². The fourth-order valence-electron chi connectivity index (χ4n) is 2.84. The van der Waals surface area contributed by atoms with Gasteiger partial charge in [-0.2, -0.15) is 5.10 Å². The van der Waals surface area contributed by atoms with Gasteiger partial charge in [0.05, 0.1) is 25.0 Å². The van der Waals surface area contributed by atoms with Gasteiger partial charge in [0.15, 0.2) is 6.10 Å². The Bertz CT molecular complexity index is 1040. The van der Waals surface area contributed by atoms with Gasteiger partial charge < -0.3 is 14.8 Å². The third kappa shape index (κ3) is 6.57. The van der Waals surface area contributed by atoms with Crippen LogP contribution in [0.2, 0.25) is 0 Å². The van der Waals surface area contributed by atoms with E-state index in [2.05, 4.69) is 10.4 Å². The van der Waals surface area contributed by atoms with Gasteiger partial charge in [0.1, 0.15) is 5.75 Å². The number of hydrogen-bond donors (Lipinski definition) is 1. The summed E-state index contributed by atoms with van der Waals surface area (Å²) in [5, 5.41) is 7.01. The minimum atomic E-state index is -0.965. The molecule has 0 unspecified atom stereocenters. The maximum absolute atomic E-state index is 12.4. The summed E-state index contributed by atoms with van der Waals surface area (Å²) in [6.07, 6.45) is 5.41. The van der Waals surface area contributed by atoms with E-state index in [0.717, 1.165) is 11.1 Å². The molecule has 1 heterocycles. The second kappa shape index (κ2) is 10.8. The second-order valence-corrected chi connectivity index (χ2v) is 6.79. The highest BCUT2D eigenvalue weighted by atomic mass is 16.5. The number of rotatable bonds is 9. The van der Waals surface area contributed by atoms with Crippen LogP contribution in [-0.2, 0) is 20.9 Å². The van der Waals surface area contributed by atoms with Crippen LogP contribution in [0.5, 0.6) is 5.75 Å². The van der Waals surface area contributed by atoms with E-state index >= 15 is 0 Å². The molecule has 3 rings (SSSR count). The fourth-order valence-corrected chi connectivity index (χ4v) is 2.84. The number of nitrogens with zero attached hydrogens (tertiary/aromatic N) is 2. The number of hydrogen-bond acceptors (Lipinski definition) is 5. The van der Waals surface area contributed by atoms with Gasteiger partial charge in [-0.25, -0.2) is 4.79 Å². The molecule has 1 aromatic heterocycles.